The Bertz CT molecular complexity index is 94.5. The van der Waals surface area contributed by atoms with Crippen LogP contribution in [0.4, 0.5) is 0 Å². The fraction of sp³-hybridized carbons (Fsp3) is 1.00. The summed E-state index contributed by atoms with van der Waals surface area (Å²) < 4.78 is 0. The van der Waals surface area contributed by atoms with Crippen LogP contribution in [0.5, 0.6) is 0 Å². The third-order valence-corrected chi connectivity index (χ3v) is 2.31. The fourth-order valence-corrected chi connectivity index (χ4v) is 1.48. The highest BCUT2D eigenvalue weighted by atomic mass is 35.5. The molecule has 0 heterocycles. The Morgan fingerprint density at radius 3 is 1.75 bits per heavy atom. The van der Waals surface area contributed by atoms with Gasteiger partial charge in [-0.2, -0.15) is 0 Å². The van der Waals surface area contributed by atoms with Gasteiger partial charge in [-0.3, -0.25) is 0 Å². The van der Waals surface area contributed by atoms with Crippen LogP contribution in [0.2, 0.25) is 0 Å². The lowest BCUT2D eigenvalue weighted by Gasteiger charge is -2.32. The molecule has 0 aliphatic heterocycles. The molecule has 0 spiro atoms. The van der Waals surface area contributed by atoms with Crippen LogP contribution in [0, 0.1) is 0 Å². The van der Waals surface area contributed by atoms with E-state index in [-0.39, 0.29) is 0 Å². The second-order valence-electron chi connectivity index (χ2n) is 2.73. The van der Waals surface area contributed by atoms with Crippen molar-refractivity contribution in [2.75, 3.05) is 32.1 Å². The summed E-state index contributed by atoms with van der Waals surface area (Å²) in [6.45, 7) is 10.9. The van der Waals surface area contributed by atoms with Crippen LogP contribution in [0.25, 0.3) is 0 Å². The third kappa shape index (κ3) is 4.29. The predicted molar refractivity (Wildman–Crippen MR) is 55.5 cm³/mol. The second kappa shape index (κ2) is 7.84. The highest BCUT2D eigenvalue weighted by molar-refractivity contribution is 6.17. The first-order valence-corrected chi connectivity index (χ1v) is 5.39. The lowest BCUT2D eigenvalue weighted by atomic mass is 10.4. The zero-order valence-electron chi connectivity index (χ0n) is 8.52. The van der Waals surface area contributed by atoms with Gasteiger partial charge in [-0.25, -0.2) is 10.0 Å². The van der Waals surface area contributed by atoms with Gasteiger partial charge in [-0.05, 0) is 6.42 Å². The molecular formula is C9H21ClN2. The quantitative estimate of drug-likeness (QED) is 0.451. The Balaban J connectivity index is 3.75. The maximum atomic E-state index is 5.65. The highest BCUT2D eigenvalue weighted by Gasteiger charge is 2.08. The van der Waals surface area contributed by atoms with Gasteiger partial charge in [0.15, 0.2) is 0 Å². The van der Waals surface area contributed by atoms with Crippen LogP contribution in [-0.2, 0) is 0 Å². The van der Waals surface area contributed by atoms with Gasteiger partial charge in [-0.1, -0.05) is 20.8 Å². The van der Waals surface area contributed by atoms with Crippen molar-refractivity contribution >= 4 is 11.6 Å². The molecule has 0 saturated carbocycles. The predicted octanol–water partition coefficient (Wildman–Crippen LogP) is 2.19. The molecule has 0 bridgehead atoms. The minimum Gasteiger partial charge on any atom is -0.242 e. The summed E-state index contributed by atoms with van der Waals surface area (Å²) in [4.78, 5) is 0. The van der Waals surface area contributed by atoms with Gasteiger partial charge in [0, 0.05) is 32.1 Å². The summed E-state index contributed by atoms with van der Waals surface area (Å²) in [7, 11) is 0. The van der Waals surface area contributed by atoms with E-state index in [1.807, 2.05) is 0 Å². The molecule has 2 nitrogen and oxygen atoms in total. The maximum Gasteiger partial charge on any atom is 0.0236 e. The van der Waals surface area contributed by atoms with Crippen molar-refractivity contribution in [2.45, 2.75) is 27.2 Å². The van der Waals surface area contributed by atoms with Crippen molar-refractivity contribution in [3.8, 4) is 0 Å². The molecule has 0 saturated heterocycles. The van der Waals surface area contributed by atoms with Gasteiger partial charge < -0.3 is 0 Å². The SMILES string of the molecule is CCN(CC)N(CC)CCCCl. The summed E-state index contributed by atoms with van der Waals surface area (Å²) in [5, 5.41) is 4.72. The molecule has 3 heteroatoms. The summed E-state index contributed by atoms with van der Waals surface area (Å²) in [6.07, 6.45) is 1.08. The van der Waals surface area contributed by atoms with E-state index < -0.39 is 0 Å². The van der Waals surface area contributed by atoms with E-state index in [4.69, 9.17) is 11.6 Å². The fourth-order valence-electron chi connectivity index (χ4n) is 1.37. The molecule has 0 radical (unpaired) electrons. The Kier molecular flexibility index (Phi) is 7.98. The molecule has 0 N–H and O–H groups in total. The van der Waals surface area contributed by atoms with Crippen molar-refractivity contribution in [3.63, 3.8) is 0 Å². The van der Waals surface area contributed by atoms with E-state index in [9.17, 15) is 0 Å². The topological polar surface area (TPSA) is 6.48 Å². The van der Waals surface area contributed by atoms with Gasteiger partial charge in [0.1, 0.15) is 0 Å². The minimum absolute atomic E-state index is 0.762. The van der Waals surface area contributed by atoms with Crippen molar-refractivity contribution < 1.29 is 0 Å². The van der Waals surface area contributed by atoms with Gasteiger partial charge in [0.05, 0.1) is 0 Å². The Morgan fingerprint density at radius 1 is 0.917 bits per heavy atom. The number of alkyl halides is 1. The molecule has 0 aromatic carbocycles. The van der Waals surface area contributed by atoms with Gasteiger partial charge >= 0.3 is 0 Å². The molecule has 0 fully saturated rings. The minimum atomic E-state index is 0.762. The molecule has 0 aromatic heterocycles. The standard InChI is InChI=1S/C9H21ClN2/c1-4-11(5-2)12(6-3)9-7-8-10/h4-9H2,1-3H3. The van der Waals surface area contributed by atoms with Crippen molar-refractivity contribution in [1.82, 2.24) is 10.0 Å². The molecule has 0 rings (SSSR count). The smallest absolute Gasteiger partial charge is 0.0236 e. The van der Waals surface area contributed by atoms with Crippen LogP contribution in [0.1, 0.15) is 27.2 Å². The molecule has 74 valence electrons. The van der Waals surface area contributed by atoms with Crippen molar-refractivity contribution in [1.29, 1.82) is 0 Å². The van der Waals surface area contributed by atoms with Gasteiger partial charge in [0.25, 0.3) is 0 Å². The van der Waals surface area contributed by atoms with Crippen molar-refractivity contribution in [3.05, 3.63) is 0 Å². The molecule has 0 unspecified atom stereocenters. The maximum absolute atomic E-state index is 5.65. The van der Waals surface area contributed by atoms with Crippen LogP contribution in [-0.4, -0.2) is 42.1 Å². The summed E-state index contributed by atoms with van der Waals surface area (Å²) in [6, 6.07) is 0. The van der Waals surface area contributed by atoms with Crippen molar-refractivity contribution in [2.24, 2.45) is 0 Å². The molecule has 0 amide bonds. The average molecular weight is 193 g/mol. The number of nitrogens with zero attached hydrogens (tertiary/aromatic N) is 2. The number of hydrazine groups is 1. The Hall–Kier alpha value is 0.210. The number of halogens is 1. The number of rotatable bonds is 7. The normalized spacial score (nSPS) is 11.5. The first-order chi connectivity index (χ1) is 5.79. The van der Waals surface area contributed by atoms with Crippen LogP contribution >= 0.6 is 11.6 Å². The van der Waals surface area contributed by atoms with Crippen LogP contribution < -0.4 is 0 Å². The van der Waals surface area contributed by atoms with Gasteiger partial charge in [0.2, 0.25) is 0 Å². The van der Waals surface area contributed by atoms with E-state index in [2.05, 4.69) is 30.8 Å². The lowest BCUT2D eigenvalue weighted by Crippen LogP contribution is -2.42. The zero-order valence-corrected chi connectivity index (χ0v) is 9.27. The largest absolute Gasteiger partial charge is 0.242 e. The van der Waals surface area contributed by atoms with Gasteiger partial charge in [-0.15, -0.1) is 11.6 Å². The summed E-state index contributed by atoms with van der Waals surface area (Å²) >= 11 is 5.65. The van der Waals surface area contributed by atoms with E-state index in [1.165, 1.54) is 0 Å². The Labute approximate surface area is 81.5 Å². The first-order valence-electron chi connectivity index (χ1n) is 4.85. The Morgan fingerprint density at radius 2 is 1.42 bits per heavy atom. The van der Waals surface area contributed by atoms with Crippen LogP contribution in [0.15, 0.2) is 0 Å². The molecule has 0 atom stereocenters. The molecular weight excluding hydrogens is 172 g/mol. The summed E-state index contributed by atoms with van der Waals surface area (Å²) in [5.74, 6) is 0.762. The zero-order chi connectivity index (χ0) is 9.40. The monoisotopic (exact) mass is 192 g/mol. The summed E-state index contributed by atoms with van der Waals surface area (Å²) in [5.41, 5.74) is 0. The van der Waals surface area contributed by atoms with Crippen LogP contribution in [0.3, 0.4) is 0 Å². The second-order valence-corrected chi connectivity index (χ2v) is 3.11. The van der Waals surface area contributed by atoms with E-state index in [0.717, 1.165) is 38.5 Å². The van der Waals surface area contributed by atoms with E-state index in [0.29, 0.717) is 0 Å². The molecule has 0 aliphatic carbocycles. The molecule has 0 aromatic rings. The number of hydrogen-bond donors (Lipinski definition) is 0. The first kappa shape index (κ1) is 12.2. The van der Waals surface area contributed by atoms with E-state index in [1.54, 1.807) is 0 Å². The third-order valence-electron chi connectivity index (χ3n) is 2.04. The lowest BCUT2D eigenvalue weighted by molar-refractivity contribution is -0.0112. The van der Waals surface area contributed by atoms with E-state index >= 15 is 0 Å². The average Bonchev–Trinajstić information content (AvgIpc) is 2.12. The number of hydrogen-bond acceptors (Lipinski definition) is 2. The molecule has 12 heavy (non-hydrogen) atoms. The highest BCUT2D eigenvalue weighted by Crippen LogP contribution is 1.99. The molecule has 0 aliphatic rings.